The summed E-state index contributed by atoms with van der Waals surface area (Å²) in [5, 5.41) is 0. The number of nitrogens with zero attached hydrogens (tertiary/aromatic N) is 1. The zero-order valence-corrected chi connectivity index (χ0v) is 30.8. The average Bonchev–Trinajstić information content (AvgIpc) is 2.91. The van der Waals surface area contributed by atoms with Gasteiger partial charge in [-0.05, 0) is 81.6 Å². The Morgan fingerprint density at radius 2 is 0.475 bits per heavy atom. The Bertz CT molecular complexity index is 492. The van der Waals surface area contributed by atoms with E-state index in [1.54, 1.807) is 0 Å². The summed E-state index contributed by atoms with van der Waals surface area (Å²) in [5.74, 6) is 0. The molecule has 0 aliphatic heterocycles. The third kappa shape index (κ3) is 10.2. The Hall–Kier alpha value is 0.251. The molecule has 40 heavy (non-hydrogen) atoms. The molecule has 13 heteroatoms. The molecular formula is C27H63NO9Si3. The number of hydrogen-bond acceptors (Lipinski definition) is 10. The van der Waals surface area contributed by atoms with E-state index in [1.807, 2.05) is 62.3 Å². The van der Waals surface area contributed by atoms with Crippen LogP contribution < -0.4 is 0 Å². The summed E-state index contributed by atoms with van der Waals surface area (Å²) < 4.78 is 59.0. The highest BCUT2D eigenvalue weighted by Gasteiger charge is 2.64. The molecule has 0 rings (SSSR count). The highest BCUT2D eigenvalue weighted by molar-refractivity contribution is 6.66. The summed E-state index contributed by atoms with van der Waals surface area (Å²) in [6, 6.07) is 0. The Morgan fingerprint density at radius 1 is 0.325 bits per heavy atom. The van der Waals surface area contributed by atoms with E-state index < -0.39 is 26.4 Å². The third-order valence-electron chi connectivity index (χ3n) is 6.57. The van der Waals surface area contributed by atoms with Gasteiger partial charge in [-0.2, -0.15) is 0 Å². The molecule has 0 aromatic heterocycles. The molecule has 0 fully saturated rings. The zero-order valence-electron chi connectivity index (χ0n) is 27.8. The lowest BCUT2D eigenvalue weighted by Gasteiger charge is -2.52. The average molecular weight is 630 g/mol. The van der Waals surface area contributed by atoms with Crippen LogP contribution in [-0.4, -0.2) is 108 Å². The summed E-state index contributed by atoms with van der Waals surface area (Å²) in [6.45, 7) is 28.6. The van der Waals surface area contributed by atoms with Gasteiger partial charge in [0.25, 0.3) is 0 Å². The van der Waals surface area contributed by atoms with Gasteiger partial charge >= 0.3 is 26.4 Å². The second kappa shape index (κ2) is 21.9. The second-order valence-corrected chi connectivity index (χ2v) is 17.1. The Kier molecular flexibility index (Phi) is 22.0. The Labute approximate surface area is 249 Å². The van der Waals surface area contributed by atoms with Crippen LogP contribution in [0.4, 0.5) is 0 Å². The van der Waals surface area contributed by atoms with Crippen LogP contribution in [0.15, 0.2) is 0 Å². The minimum atomic E-state index is -3.30. The van der Waals surface area contributed by atoms with Crippen molar-refractivity contribution >= 4 is 26.4 Å². The quantitative estimate of drug-likeness (QED) is 0.110. The van der Waals surface area contributed by atoms with Crippen LogP contribution in [0, 0.1) is 0 Å². The summed E-state index contributed by atoms with van der Waals surface area (Å²) in [4.78, 5) is 2.44. The maximum absolute atomic E-state index is 6.56. The molecule has 0 N–H and O–H groups in total. The first-order valence-corrected chi connectivity index (χ1v) is 21.2. The second-order valence-electron chi connectivity index (χ2n) is 8.93. The van der Waals surface area contributed by atoms with Crippen molar-refractivity contribution in [3.05, 3.63) is 0 Å². The summed E-state index contributed by atoms with van der Waals surface area (Å²) >= 11 is 0. The van der Waals surface area contributed by atoms with Gasteiger partial charge in [0.05, 0.1) is 17.0 Å². The lowest BCUT2D eigenvalue weighted by atomic mass is 10.3. The van der Waals surface area contributed by atoms with Gasteiger partial charge in [-0.3, -0.25) is 4.90 Å². The molecule has 0 aromatic carbocycles. The molecular weight excluding hydrogens is 567 g/mol. The van der Waals surface area contributed by atoms with Crippen LogP contribution in [0.25, 0.3) is 0 Å². The molecule has 3 atom stereocenters. The molecule has 0 spiro atoms. The van der Waals surface area contributed by atoms with Crippen molar-refractivity contribution in [1.29, 1.82) is 0 Å². The molecule has 0 aliphatic rings. The van der Waals surface area contributed by atoms with Crippen LogP contribution in [-0.2, 0) is 39.8 Å². The normalized spacial score (nSPS) is 15.5. The van der Waals surface area contributed by atoms with Crippen molar-refractivity contribution in [2.45, 2.75) is 119 Å². The molecule has 0 saturated carbocycles. The lowest BCUT2D eigenvalue weighted by Crippen LogP contribution is -2.77. The smallest absolute Gasteiger partial charge is 0.373 e. The fraction of sp³-hybridized carbons (Fsp3) is 1.00. The minimum absolute atomic E-state index is 0.247. The first-order chi connectivity index (χ1) is 19.3. The van der Waals surface area contributed by atoms with Gasteiger partial charge in [-0.1, -0.05) is 20.8 Å². The Balaban J connectivity index is 7.82. The van der Waals surface area contributed by atoms with E-state index in [4.69, 9.17) is 39.8 Å². The van der Waals surface area contributed by atoms with Crippen LogP contribution in [0.3, 0.4) is 0 Å². The van der Waals surface area contributed by atoms with E-state index in [0.29, 0.717) is 78.7 Å². The van der Waals surface area contributed by atoms with Gasteiger partial charge < -0.3 is 39.8 Å². The molecule has 0 saturated heterocycles. The summed E-state index contributed by atoms with van der Waals surface area (Å²) in [5.41, 5.74) is -0.740. The van der Waals surface area contributed by atoms with Gasteiger partial charge in [0, 0.05) is 59.5 Å². The molecule has 0 bridgehead atoms. The molecule has 0 radical (unpaired) electrons. The molecule has 3 unspecified atom stereocenters. The van der Waals surface area contributed by atoms with Crippen molar-refractivity contribution in [3.8, 4) is 0 Å². The van der Waals surface area contributed by atoms with Crippen molar-refractivity contribution in [2.24, 2.45) is 0 Å². The van der Waals surface area contributed by atoms with Gasteiger partial charge in [0.1, 0.15) is 0 Å². The van der Waals surface area contributed by atoms with Crippen LogP contribution in [0.5, 0.6) is 0 Å². The van der Waals surface area contributed by atoms with Crippen molar-refractivity contribution in [2.75, 3.05) is 59.5 Å². The fourth-order valence-electron chi connectivity index (χ4n) is 5.63. The zero-order chi connectivity index (χ0) is 30.7. The SMILES string of the molecule is CCO[Si](OCC)(OCC)C(CC)N(C(CC)[Si](OCC)(OCC)OCC)C(CC)[Si](OCC)(OCC)OCC. The van der Waals surface area contributed by atoms with Crippen LogP contribution >= 0.6 is 0 Å². The molecule has 10 nitrogen and oxygen atoms in total. The third-order valence-corrected chi connectivity index (χ3v) is 17.4. The van der Waals surface area contributed by atoms with Crippen molar-refractivity contribution in [1.82, 2.24) is 4.90 Å². The van der Waals surface area contributed by atoms with Crippen LogP contribution in [0.1, 0.15) is 102 Å². The maximum atomic E-state index is 6.56. The van der Waals surface area contributed by atoms with E-state index in [1.165, 1.54) is 0 Å². The van der Waals surface area contributed by atoms with E-state index in [9.17, 15) is 0 Å². The number of hydrogen-bond donors (Lipinski definition) is 0. The van der Waals surface area contributed by atoms with E-state index >= 15 is 0 Å². The molecule has 0 amide bonds. The number of rotatable bonds is 27. The van der Waals surface area contributed by atoms with Crippen molar-refractivity contribution < 1.29 is 39.8 Å². The van der Waals surface area contributed by atoms with Crippen LogP contribution in [0.2, 0.25) is 0 Å². The van der Waals surface area contributed by atoms with E-state index in [0.717, 1.165) is 0 Å². The molecule has 0 heterocycles. The highest BCUT2D eigenvalue weighted by Crippen LogP contribution is 2.37. The molecule has 242 valence electrons. The first kappa shape index (κ1) is 40.3. The lowest BCUT2D eigenvalue weighted by molar-refractivity contribution is -0.0258. The predicted octanol–water partition coefficient (Wildman–Crippen LogP) is 5.39. The monoisotopic (exact) mass is 629 g/mol. The van der Waals surface area contributed by atoms with Gasteiger partial charge in [-0.25, -0.2) is 0 Å². The molecule has 0 aliphatic carbocycles. The first-order valence-electron chi connectivity index (χ1n) is 15.8. The van der Waals surface area contributed by atoms with E-state index in [-0.39, 0.29) is 17.0 Å². The molecule has 0 aromatic rings. The van der Waals surface area contributed by atoms with E-state index in [2.05, 4.69) is 25.7 Å². The van der Waals surface area contributed by atoms with Gasteiger partial charge in [-0.15, -0.1) is 0 Å². The summed E-state index contributed by atoms with van der Waals surface area (Å²) in [6.07, 6.45) is 2.13. The maximum Gasteiger partial charge on any atom is 0.519 e. The Morgan fingerprint density at radius 3 is 0.575 bits per heavy atom. The largest absolute Gasteiger partial charge is 0.519 e. The minimum Gasteiger partial charge on any atom is -0.373 e. The van der Waals surface area contributed by atoms with Gasteiger partial charge in [0.15, 0.2) is 0 Å². The van der Waals surface area contributed by atoms with Crippen molar-refractivity contribution in [3.63, 3.8) is 0 Å². The van der Waals surface area contributed by atoms with Gasteiger partial charge in [0.2, 0.25) is 0 Å². The highest BCUT2D eigenvalue weighted by atomic mass is 28.4. The predicted molar refractivity (Wildman–Crippen MR) is 166 cm³/mol. The fourth-order valence-corrected chi connectivity index (χ4v) is 15.9. The topological polar surface area (TPSA) is 86.3 Å². The summed E-state index contributed by atoms with van der Waals surface area (Å²) in [7, 11) is -9.91. The standard InChI is InChI=1S/C27H63NO9Si3/c1-13-25(38(29-16-4,30-17-5)31-18-6)28(26(14-2)39(32-19-7,33-20-8)34-21-9)27(15-3)40(35-22-10,36-23-11)37-24-12/h25-27H,13-24H2,1-12H3.